The van der Waals surface area contributed by atoms with Crippen molar-refractivity contribution in [3.63, 3.8) is 0 Å². The van der Waals surface area contributed by atoms with Crippen molar-refractivity contribution in [1.29, 1.82) is 0 Å². The van der Waals surface area contributed by atoms with Gasteiger partial charge in [-0.05, 0) is 122 Å². The molecule has 2 heterocycles. The molecule has 0 bridgehead atoms. The SMILES string of the molecule is c1ccc(N(c2ccc(-c3cccc(-c4ccc5c(c4)Oc4cccc6c7ccccc7n-5c46)c3)cc2)c2ccc3c(c2)C(c2ccccc2)(c2ccccc2)c2ccccc2-3)cc1. The first-order valence-corrected chi connectivity index (χ1v) is 22.0. The third-order valence-corrected chi connectivity index (χ3v) is 13.4. The maximum Gasteiger partial charge on any atom is 0.152 e. The summed E-state index contributed by atoms with van der Waals surface area (Å²) in [5.74, 6) is 1.74. The molecule has 0 fully saturated rings. The van der Waals surface area contributed by atoms with Crippen LogP contribution in [0.4, 0.5) is 17.1 Å². The summed E-state index contributed by atoms with van der Waals surface area (Å²) in [5, 5.41) is 2.44. The van der Waals surface area contributed by atoms with Gasteiger partial charge in [0.05, 0.1) is 22.1 Å². The Morgan fingerprint density at radius 3 is 1.72 bits per heavy atom. The van der Waals surface area contributed by atoms with Gasteiger partial charge in [-0.3, -0.25) is 0 Å². The van der Waals surface area contributed by atoms with Crippen LogP contribution >= 0.6 is 0 Å². The molecule has 0 atom stereocenters. The van der Waals surface area contributed by atoms with E-state index in [1.54, 1.807) is 0 Å². The Bertz CT molecular complexity index is 3530. The van der Waals surface area contributed by atoms with Crippen molar-refractivity contribution < 1.29 is 4.74 Å². The fourth-order valence-corrected chi connectivity index (χ4v) is 10.7. The van der Waals surface area contributed by atoms with Crippen LogP contribution in [0.25, 0.3) is 60.9 Å². The Hall–Kier alpha value is -8.40. The van der Waals surface area contributed by atoms with E-state index in [0.29, 0.717) is 0 Å². The molecule has 0 amide bonds. The number of aromatic nitrogens is 1. The molecule has 300 valence electrons. The van der Waals surface area contributed by atoms with E-state index in [0.717, 1.165) is 62.0 Å². The van der Waals surface area contributed by atoms with Crippen LogP contribution in [0.15, 0.2) is 243 Å². The fourth-order valence-electron chi connectivity index (χ4n) is 10.7. The number of rotatable bonds is 7. The molecule has 11 aromatic rings. The Kier molecular flexibility index (Phi) is 8.13. The molecular formula is C61H40N2O. The second-order valence-electron chi connectivity index (χ2n) is 16.8. The lowest BCUT2D eigenvalue weighted by Gasteiger charge is -2.35. The molecule has 0 saturated carbocycles. The summed E-state index contributed by atoms with van der Waals surface area (Å²) in [6.45, 7) is 0. The van der Waals surface area contributed by atoms with Gasteiger partial charge in [0, 0.05) is 27.8 Å². The number of hydrogen-bond acceptors (Lipinski definition) is 2. The van der Waals surface area contributed by atoms with Crippen molar-refractivity contribution in [3.8, 4) is 50.6 Å². The van der Waals surface area contributed by atoms with Crippen molar-refractivity contribution in [2.24, 2.45) is 0 Å². The third-order valence-electron chi connectivity index (χ3n) is 13.4. The largest absolute Gasteiger partial charge is 0.453 e. The van der Waals surface area contributed by atoms with Crippen molar-refractivity contribution in [3.05, 3.63) is 265 Å². The van der Waals surface area contributed by atoms with Crippen molar-refractivity contribution >= 4 is 38.9 Å². The van der Waals surface area contributed by atoms with Gasteiger partial charge in [0.15, 0.2) is 11.5 Å². The molecule has 0 spiro atoms. The minimum Gasteiger partial charge on any atom is -0.453 e. The minimum atomic E-state index is -0.487. The zero-order valence-electron chi connectivity index (χ0n) is 34.9. The molecule has 0 radical (unpaired) electrons. The number of anilines is 3. The van der Waals surface area contributed by atoms with E-state index < -0.39 is 5.41 Å². The molecule has 1 aliphatic heterocycles. The zero-order chi connectivity index (χ0) is 42.2. The van der Waals surface area contributed by atoms with E-state index in [1.165, 1.54) is 49.7 Å². The van der Waals surface area contributed by atoms with Crippen LogP contribution in [0.1, 0.15) is 22.3 Å². The second kappa shape index (κ2) is 14.3. The second-order valence-corrected chi connectivity index (χ2v) is 16.8. The Morgan fingerprint density at radius 2 is 0.938 bits per heavy atom. The van der Waals surface area contributed by atoms with Gasteiger partial charge >= 0.3 is 0 Å². The molecule has 0 N–H and O–H groups in total. The van der Waals surface area contributed by atoms with Gasteiger partial charge < -0.3 is 14.2 Å². The number of hydrogen-bond donors (Lipinski definition) is 0. The van der Waals surface area contributed by atoms with Crippen LogP contribution < -0.4 is 9.64 Å². The lowest BCUT2D eigenvalue weighted by Crippen LogP contribution is -2.28. The predicted octanol–water partition coefficient (Wildman–Crippen LogP) is 16.1. The molecule has 10 aromatic carbocycles. The maximum absolute atomic E-state index is 6.64. The first-order chi connectivity index (χ1) is 31.7. The van der Waals surface area contributed by atoms with E-state index in [9.17, 15) is 0 Å². The van der Waals surface area contributed by atoms with Crippen LogP contribution in [0.2, 0.25) is 0 Å². The Balaban J connectivity index is 0.886. The van der Waals surface area contributed by atoms with Gasteiger partial charge in [0.2, 0.25) is 0 Å². The summed E-state index contributed by atoms with van der Waals surface area (Å²) in [4.78, 5) is 2.39. The molecule has 0 unspecified atom stereocenters. The summed E-state index contributed by atoms with van der Waals surface area (Å²) in [6, 6.07) is 88.2. The van der Waals surface area contributed by atoms with E-state index >= 15 is 0 Å². The van der Waals surface area contributed by atoms with E-state index in [4.69, 9.17) is 4.74 Å². The monoisotopic (exact) mass is 816 g/mol. The number of benzene rings is 10. The summed E-state index contributed by atoms with van der Waals surface area (Å²) >= 11 is 0. The highest BCUT2D eigenvalue weighted by Crippen LogP contribution is 2.57. The lowest BCUT2D eigenvalue weighted by molar-refractivity contribution is 0.476. The molecule has 0 saturated heterocycles. The topological polar surface area (TPSA) is 17.4 Å². The van der Waals surface area contributed by atoms with Gasteiger partial charge in [-0.15, -0.1) is 0 Å². The van der Waals surface area contributed by atoms with Crippen LogP contribution in [-0.2, 0) is 5.41 Å². The normalized spacial score (nSPS) is 12.9. The van der Waals surface area contributed by atoms with Gasteiger partial charge in [-0.2, -0.15) is 0 Å². The summed E-state index contributed by atoms with van der Waals surface area (Å²) in [7, 11) is 0. The number of nitrogens with zero attached hydrogens (tertiary/aromatic N) is 2. The minimum absolute atomic E-state index is 0.487. The van der Waals surface area contributed by atoms with Crippen LogP contribution in [0.5, 0.6) is 11.5 Å². The van der Waals surface area contributed by atoms with Crippen molar-refractivity contribution in [1.82, 2.24) is 4.57 Å². The van der Waals surface area contributed by atoms with Crippen molar-refractivity contribution in [2.75, 3.05) is 4.90 Å². The number of para-hydroxylation sites is 3. The van der Waals surface area contributed by atoms with E-state index in [-0.39, 0.29) is 0 Å². The molecule has 2 aliphatic rings. The van der Waals surface area contributed by atoms with E-state index in [1.807, 2.05) is 0 Å². The molecule has 1 aliphatic carbocycles. The first-order valence-electron chi connectivity index (χ1n) is 22.0. The zero-order valence-corrected chi connectivity index (χ0v) is 34.9. The first kappa shape index (κ1) is 36.3. The highest BCUT2D eigenvalue weighted by molar-refractivity contribution is 6.12. The lowest BCUT2D eigenvalue weighted by atomic mass is 9.67. The average molecular weight is 817 g/mol. The molecular weight excluding hydrogens is 777 g/mol. The highest BCUT2D eigenvalue weighted by Gasteiger charge is 2.46. The van der Waals surface area contributed by atoms with Gasteiger partial charge in [0.1, 0.15) is 0 Å². The predicted molar refractivity (Wildman–Crippen MR) is 264 cm³/mol. The quantitative estimate of drug-likeness (QED) is 0.159. The third kappa shape index (κ3) is 5.41. The fraction of sp³-hybridized carbons (Fsp3) is 0.0164. The smallest absolute Gasteiger partial charge is 0.152 e. The molecule has 1 aromatic heterocycles. The van der Waals surface area contributed by atoms with Crippen LogP contribution in [0.3, 0.4) is 0 Å². The molecule has 13 rings (SSSR count). The van der Waals surface area contributed by atoms with Crippen molar-refractivity contribution in [2.45, 2.75) is 5.41 Å². The van der Waals surface area contributed by atoms with Gasteiger partial charge in [-0.1, -0.05) is 176 Å². The summed E-state index contributed by atoms with van der Waals surface area (Å²) in [6.07, 6.45) is 0. The number of fused-ring (bicyclic) bond motifs is 8. The molecule has 3 nitrogen and oxygen atoms in total. The molecule has 3 heteroatoms. The Morgan fingerprint density at radius 1 is 0.359 bits per heavy atom. The summed E-state index contributed by atoms with van der Waals surface area (Å²) < 4.78 is 8.99. The van der Waals surface area contributed by atoms with Gasteiger partial charge in [0.25, 0.3) is 0 Å². The maximum atomic E-state index is 6.64. The Labute approximate surface area is 372 Å². The average Bonchev–Trinajstić information content (AvgIpc) is 3.87. The number of ether oxygens (including phenoxy) is 1. The van der Waals surface area contributed by atoms with Crippen LogP contribution in [0, 0.1) is 0 Å². The van der Waals surface area contributed by atoms with Gasteiger partial charge in [-0.25, -0.2) is 0 Å². The van der Waals surface area contributed by atoms with Crippen LogP contribution in [-0.4, -0.2) is 4.57 Å². The molecule has 64 heavy (non-hydrogen) atoms. The standard InChI is InChI=1S/C61H40N2O/c1-4-18-45(19-5-1)61(46-20-6-2-7-21-46)54-27-12-10-24-50(54)51-36-35-49(40-55(51)61)62(47-22-8-3-9-23-47)48-33-30-41(31-34-48)42-16-14-17-43(38-42)44-32-37-57-59(39-44)64-58-29-15-26-53-52-25-11-13-28-56(52)63(57)60(53)58/h1-40H. The highest BCUT2D eigenvalue weighted by atomic mass is 16.5. The van der Waals surface area contributed by atoms with E-state index in [2.05, 4.69) is 252 Å². The summed E-state index contributed by atoms with van der Waals surface area (Å²) in [5.41, 5.74) is 18.4.